The average Bonchev–Trinajstić information content (AvgIpc) is 2.55. The zero-order chi connectivity index (χ0) is 17.9. The van der Waals surface area contributed by atoms with E-state index < -0.39 is 5.97 Å². The Morgan fingerprint density at radius 3 is 1.67 bits per heavy atom. The van der Waals surface area contributed by atoms with Crippen LogP contribution in [-0.4, -0.2) is 23.7 Å². The molecule has 0 aromatic heterocycles. The molecule has 0 atom stereocenters. The summed E-state index contributed by atoms with van der Waals surface area (Å²) in [6.07, 6.45) is 16.6. The van der Waals surface area contributed by atoms with E-state index in [1.54, 1.807) is 0 Å². The minimum Gasteiger partial charge on any atom is -0.481 e. The molecule has 0 bridgehead atoms. The van der Waals surface area contributed by atoms with Crippen molar-refractivity contribution in [3.8, 4) is 0 Å². The Morgan fingerprint density at radius 1 is 0.667 bits per heavy atom. The number of ether oxygens (including phenoxy) is 1. The van der Waals surface area contributed by atoms with E-state index in [1.165, 1.54) is 44.9 Å². The van der Waals surface area contributed by atoms with Crippen LogP contribution in [0.4, 0.5) is 0 Å². The van der Waals surface area contributed by atoms with Crippen molar-refractivity contribution in [2.45, 2.75) is 110 Å². The normalized spacial score (nSPS) is 10.7. The molecule has 0 aliphatic rings. The van der Waals surface area contributed by atoms with Crippen molar-refractivity contribution in [2.24, 2.45) is 0 Å². The van der Waals surface area contributed by atoms with Crippen molar-refractivity contribution >= 4 is 11.9 Å². The Labute approximate surface area is 148 Å². The van der Waals surface area contributed by atoms with E-state index >= 15 is 0 Å². The first-order valence-corrected chi connectivity index (χ1v) is 10.0. The summed E-state index contributed by atoms with van der Waals surface area (Å²) in [5.74, 6) is -0.740. The molecule has 0 saturated carbocycles. The number of aliphatic carboxylic acids is 1. The lowest BCUT2D eigenvalue weighted by atomic mass is 10.1. The van der Waals surface area contributed by atoms with Gasteiger partial charge in [0.2, 0.25) is 0 Å². The third-order valence-electron chi connectivity index (χ3n) is 4.28. The quantitative estimate of drug-likeness (QED) is 0.250. The molecular formula is C20H38O4. The van der Waals surface area contributed by atoms with Gasteiger partial charge in [0.15, 0.2) is 0 Å². The van der Waals surface area contributed by atoms with Crippen LogP contribution in [0.15, 0.2) is 0 Å². The van der Waals surface area contributed by atoms with Crippen LogP contribution in [0.25, 0.3) is 0 Å². The molecule has 0 aromatic carbocycles. The Kier molecular flexibility index (Phi) is 17.5. The maximum absolute atomic E-state index is 11.6. The van der Waals surface area contributed by atoms with Gasteiger partial charge in [0, 0.05) is 12.8 Å². The summed E-state index contributed by atoms with van der Waals surface area (Å²) in [6, 6.07) is 0. The first kappa shape index (κ1) is 22.9. The fourth-order valence-electron chi connectivity index (χ4n) is 2.75. The van der Waals surface area contributed by atoms with Crippen molar-refractivity contribution in [3.05, 3.63) is 0 Å². The van der Waals surface area contributed by atoms with Gasteiger partial charge in [-0.15, -0.1) is 0 Å². The van der Waals surface area contributed by atoms with Gasteiger partial charge in [-0.05, 0) is 19.3 Å². The molecule has 1 N–H and O–H groups in total. The molecule has 0 aliphatic carbocycles. The zero-order valence-electron chi connectivity index (χ0n) is 15.7. The van der Waals surface area contributed by atoms with Crippen LogP contribution in [0.1, 0.15) is 110 Å². The highest BCUT2D eigenvalue weighted by Gasteiger charge is 2.02. The van der Waals surface area contributed by atoms with Crippen molar-refractivity contribution in [2.75, 3.05) is 6.61 Å². The van der Waals surface area contributed by atoms with E-state index in [4.69, 9.17) is 9.84 Å². The first-order valence-electron chi connectivity index (χ1n) is 10.0. The van der Waals surface area contributed by atoms with Gasteiger partial charge in [0.1, 0.15) is 0 Å². The fourth-order valence-corrected chi connectivity index (χ4v) is 2.75. The molecule has 142 valence electrons. The van der Waals surface area contributed by atoms with Crippen LogP contribution < -0.4 is 0 Å². The van der Waals surface area contributed by atoms with E-state index in [9.17, 15) is 9.59 Å². The molecule has 0 aliphatic heterocycles. The van der Waals surface area contributed by atoms with Crippen LogP contribution >= 0.6 is 0 Å². The highest BCUT2D eigenvalue weighted by atomic mass is 16.5. The van der Waals surface area contributed by atoms with Crippen LogP contribution in [0.5, 0.6) is 0 Å². The largest absolute Gasteiger partial charge is 0.481 e. The SMILES string of the molecule is CCCCCCCCOC(=O)CCCCCCCCCCC(=O)O. The molecule has 0 rings (SSSR count). The summed E-state index contributed by atoms with van der Waals surface area (Å²) in [5.41, 5.74) is 0. The molecule has 0 spiro atoms. The van der Waals surface area contributed by atoms with Gasteiger partial charge in [-0.3, -0.25) is 9.59 Å². The predicted octanol–water partition coefficient (Wildman–Crippen LogP) is 5.88. The molecule has 0 heterocycles. The van der Waals surface area contributed by atoms with Gasteiger partial charge >= 0.3 is 11.9 Å². The number of hydrogen-bond acceptors (Lipinski definition) is 3. The van der Waals surface area contributed by atoms with E-state index in [2.05, 4.69) is 6.92 Å². The standard InChI is InChI=1S/C20H38O4/c1-2-3-4-5-12-15-18-24-20(23)17-14-11-9-7-6-8-10-13-16-19(21)22/h2-18H2,1H3,(H,21,22). The summed E-state index contributed by atoms with van der Waals surface area (Å²) < 4.78 is 5.25. The molecule has 0 amide bonds. The molecule has 4 nitrogen and oxygen atoms in total. The van der Waals surface area contributed by atoms with Crippen molar-refractivity contribution < 1.29 is 19.4 Å². The number of carbonyl (C=O) groups is 2. The van der Waals surface area contributed by atoms with Crippen LogP contribution in [-0.2, 0) is 14.3 Å². The second-order valence-electron chi connectivity index (χ2n) is 6.71. The van der Waals surface area contributed by atoms with Gasteiger partial charge in [-0.1, -0.05) is 77.6 Å². The van der Waals surface area contributed by atoms with E-state index in [-0.39, 0.29) is 5.97 Å². The minimum atomic E-state index is -0.696. The molecule has 4 heteroatoms. The van der Waals surface area contributed by atoms with Crippen molar-refractivity contribution in [1.82, 2.24) is 0 Å². The highest BCUT2D eigenvalue weighted by molar-refractivity contribution is 5.69. The molecular weight excluding hydrogens is 304 g/mol. The smallest absolute Gasteiger partial charge is 0.305 e. The first-order chi connectivity index (χ1) is 11.7. The Hall–Kier alpha value is -1.06. The third-order valence-corrected chi connectivity index (χ3v) is 4.28. The number of carbonyl (C=O) groups excluding carboxylic acids is 1. The van der Waals surface area contributed by atoms with Crippen LogP contribution in [0.3, 0.4) is 0 Å². The summed E-state index contributed by atoms with van der Waals surface area (Å²) in [6.45, 7) is 2.80. The number of esters is 1. The lowest BCUT2D eigenvalue weighted by molar-refractivity contribution is -0.144. The summed E-state index contributed by atoms with van der Waals surface area (Å²) in [4.78, 5) is 21.9. The maximum Gasteiger partial charge on any atom is 0.305 e. The number of hydrogen-bond donors (Lipinski definition) is 1. The molecule has 0 fully saturated rings. The summed E-state index contributed by atoms with van der Waals surface area (Å²) in [5, 5.41) is 8.53. The minimum absolute atomic E-state index is 0.0442. The number of unbranched alkanes of at least 4 members (excludes halogenated alkanes) is 12. The number of carboxylic acid groups (broad SMARTS) is 1. The summed E-state index contributed by atoms with van der Waals surface area (Å²) >= 11 is 0. The van der Waals surface area contributed by atoms with Crippen LogP contribution in [0.2, 0.25) is 0 Å². The van der Waals surface area contributed by atoms with Gasteiger partial charge in [0.25, 0.3) is 0 Å². The Morgan fingerprint density at radius 2 is 1.12 bits per heavy atom. The second kappa shape index (κ2) is 18.3. The number of rotatable bonds is 18. The Bertz CT molecular complexity index is 302. The van der Waals surface area contributed by atoms with Gasteiger partial charge in [-0.25, -0.2) is 0 Å². The average molecular weight is 343 g/mol. The van der Waals surface area contributed by atoms with E-state index in [0.717, 1.165) is 44.9 Å². The second-order valence-corrected chi connectivity index (χ2v) is 6.71. The molecule has 24 heavy (non-hydrogen) atoms. The monoisotopic (exact) mass is 342 g/mol. The third kappa shape index (κ3) is 19.0. The van der Waals surface area contributed by atoms with Gasteiger partial charge in [0.05, 0.1) is 6.61 Å². The zero-order valence-corrected chi connectivity index (χ0v) is 15.7. The van der Waals surface area contributed by atoms with Gasteiger partial charge < -0.3 is 9.84 Å². The summed E-state index contributed by atoms with van der Waals surface area (Å²) in [7, 11) is 0. The molecule has 0 saturated heterocycles. The highest BCUT2D eigenvalue weighted by Crippen LogP contribution is 2.11. The number of carboxylic acids is 1. The molecule has 0 unspecified atom stereocenters. The maximum atomic E-state index is 11.6. The predicted molar refractivity (Wildman–Crippen MR) is 98.1 cm³/mol. The topological polar surface area (TPSA) is 63.6 Å². The van der Waals surface area contributed by atoms with Crippen molar-refractivity contribution in [1.29, 1.82) is 0 Å². The van der Waals surface area contributed by atoms with E-state index in [1.807, 2.05) is 0 Å². The van der Waals surface area contributed by atoms with Crippen LogP contribution in [0, 0.1) is 0 Å². The molecule has 0 aromatic rings. The lowest BCUT2D eigenvalue weighted by Gasteiger charge is -2.05. The van der Waals surface area contributed by atoms with Crippen molar-refractivity contribution in [3.63, 3.8) is 0 Å². The van der Waals surface area contributed by atoms with Gasteiger partial charge in [-0.2, -0.15) is 0 Å². The fraction of sp³-hybridized carbons (Fsp3) is 0.900. The lowest BCUT2D eigenvalue weighted by Crippen LogP contribution is -2.05. The van der Waals surface area contributed by atoms with E-state index in [0.29, 0.717) is 19.4 Å². The Balaban J connectivity index is 3.16. The molecule has 0 radical (unpaired) electrons.